The number of thiazole rings is 1. The van der Waals surface area contributed by atoms with Crippen LogP contribution in [0.4, 0.5) is 5.69 Å². The largest absolute Gasteiger partial charge is 0.493 e. The molecule has 0 saturated carbocycles. The van der Waals surface area contributed by atoms with E-state index in [2.05, 4.69) is 11.1 Å². The fourth-order valence-electron chi connectivity index (χ4n) is 3.49. The highest BCUT2D eigenvalue weighted by Crippen LogP contribution is 2.27. The summed E-state index contributed by atoms with van der Waals surface area (Å²) in [6.07, 6.45) is 7.43. The van der Waals surface area contributed by atoms with Gasteiger partial charge in [-0.05, 0) is 55.4 Å². The number of carboxylic acid groups (broad SMARTS) is 1. The molecule has 9 heteroatoms. The maximum atomic E-state index is 10.6. The van der Waals surface area contributed by atoms with Crippen molar-refractivity contribution >= 4 is 53.6 Å². The van der Waals surface area contributed by atoms with Gasteiger partial charge in [0.05, 0.1) is 22.2 Å². The maximum Gasteiger partial charge on any atom is 0.303 e. The first-order valence-corrected chi connectivity index (χ1v) is 11.2. The second kappa shape index (κ2) is 9.34. The molecule has 1 aliphatic rings. The number of aromatic hydroxyl groups is 1. The molecule has 2 N–H and O–H groups in total. The zero-order valence-corrected chi connectivity index (χ0v) is 18.6. The summed E-state index contributed by atoms with van der Waals surface area (Å²) < 4.78 is 8.15. The van der Waals surface area contributed by atoms with Crippen LogP contribution >= 0.6 is 23.6 Å². The lowest BCUT2D eigenvalue weighted by atomic mass is 10.1. The number of benzene rings is 1. The van der Waals surface area contributed by atoms with Crippen molar-refractivity contribution in [3.63, 3.8) is 0 Å². The molecule has 2 aromatic heterocycles. The monoisotopic (exact) mass is 465 g/mol. The number of nitrogens with zero attached hydrogens (tertiary/aromatic N) is 3. The van der Waals surface area contributed by atoms with Gasteiger partial charge in [-0.15, -0.1) is 11.3 Å². The molecular formula is C23H19N3O4S2. The fraction of sp³-hybridized carbons (Fsp3) is 0.217. The third-order valence-electron chi connectivity index (χ3n) is 5.08. The fourth-order valence-corrected chi connectivity index (χ4v) is 4.79. The maximum absolute atomic E-state index is 10.6. The van der Waals surface area contributed by atoms with Crippen molar-refractivity contribution in [3.8, 4) is 11.9 Å². The van der Waals surface area contributed by atoms with Gasteiger partial charge in [0.15, 0.2) is 3.95 Å². The van der Waals surface area contributed by atoms with E-state index in [-0.39, 0.29) is 12.3 Å². The third kappa shape index (κ3) is 4.56. The first-order valence-electron chi connectivity index (χ1n) is 10.0. The Labute approximate surface area is 191 Å². The highest BCUT2D eigenvalue weighted by molar-refractivity contribution is 7.73. The van der Waals surface area contributed by atoms with E-state index in [1.54, 1.807) is 29.0 Å². The summed E-state index contributed by atoms with van der Waals surface area (Å²) in [5.41, 5.74) is 2.41. The van der Waals surface area contributed by atoms with Crippen molar-refractivity contribution in [2.24, 2.45) is 4.99 Å². The number of furan rings is 1. The van der Waals surface area contributed by atoms with Crippen LogP contribution in [0, 0.1) is 25.9 Å². The summed E-state index contributed by atoms with van der Waals surface area (Å²) in [6, 6.07) is 9.45. The molecule has 1 aromatic carbocycles. The number of aliphatic carboxylic acids is 1. The molecular weight excluding hydrogens is 446 g/mol. The number of carbonyl (C=O) groups is 1. The number of nitriles is 1. The SMILES string of the molecule is N#Cc1c/c(=c2/cc/c(=C\c3sc(=S)n(CCCCCC(=O)O)c3O)o2)cc2c1=CC=N2. The lowest BCUT2D eigenvalue weighted by Crippen LogP contribution is -2.04. The van der Waals surface area contributed by atoms with Gasteiger partial charge in [0.25, 0.3) is 0 Å². The molecule has 0 unspecified atom stereocenters. The zero-order chi connectivity index (χ0) is 22.7. The molecule has 0 bridgehead atoms. The Morgan fingerprint density at radius 1 is 1.31 bits per heavy atom. The zero-order valence-electron chi connectivity index (χ0n) is 16.9. The normalized spacial score (nSPS) is 13.7. The van der Waals surface area contributed by atoms with Crippen molar-refractivity contribution < 1.29 is 19.4 Å². The number of hydrogen-bond acceptors (Lipinski definition) is 7. The molecule has 0 amide bonds. The van der Waals surface area contributed by atoms with Gasteiger partial charge < -0.3 is 14.6 Å². The van der Waals surface area contributed by atoms with E-state index in [0.717, 1.165) is 29.0 Å². The van der Waals surface area contributed by atoms with Gasteiger partial charge in [0, 0.05) is 35.7 Å². The molecule has 3 aromatic rings. The molecule has 32 heavy (non-hydrogen) atoms. The van der Waals surface area contributed by atoms with Crippen LogP contribution in [0.15, 0.2) is 33.7 Å². The molecule has 162 valence electrons. The van der Waals surface area contributed by atoms with Crippen molar-refractivity contribution in [2.45, 2.75) is 32.2 Å². The topological polar surface area (TPSA) is 112 Å². The van der Waals surface area contributed by atoms with Gasteiger partial charge >= 0.3 is 5.97 Å². The number of fused-ring (bicyclic) bond motifs is 1. The molecule has 0 saturated heterocycles. The number of rotatable bonds is 7. The van der Waals surface area contributed by atoms with Gasteiger partial charge in [-0.2, -0.15) is 5.26 Å². The van der Waals surface area contributed by atoms with Crippen LogP contribution in [0.5, 0.6) is 5.88 Å². The van der Waals surface area contributed by atoms with E-state index in [1.165, 1.54) is 11.3 Å². The Bertz CT molecular complexity index is 1540. The quantitative estimate of drug-likeness (QED) is 0.406. The molecule has 1 aliphatic heterocycles. The smallest absolute Gasteiger partial charge is 0.303 e. The average Bonchev–Trinajstić information content (AvgIpc) is 3.48. The number of aliphatic imine (C=N–C) groups is 1. The van der Waals surface area contributed by atoms with Gasteiger partial charge in [-0.25, -0.2) is 0 Å². The lowest BCUT2D eigenvalue weighted by molar-refractivity contribution is -0.137. The van der Waals surface area contributed by atoms with Crippen molar-refractivity contribution in [2.75, 3.05) is 0 Å². The van der Waals surface area contributed by atoms with Gasteiger partial charge in [0.2, 0.25) is 5.88 Å². The van der Waals surface area contributed by atoms with E-state index >= 15 is 0 Å². The van der Waals surface area contributed by atoms with Crippen LogP contribution in [-0.4, -0.2) is 27.0 Å². The minimum atomic E-state index is -0.801. The predicted molar refractivity (Wildman–Crippen MR) is 124 cm³/mol. The van der Waals surface area contributed by atoms with E-state index in [9.17, 15) is 15.2 Å². The van der Waals surface area contributed by atoms with E-state index in [1.807, 2.05) is 18.2 Å². The second-order valence-electron chi connectivity index (χ2n) is 7.27. The summed E-state index contributed by atoms with van der Waals surface area (Å²) in [5, 5.41) is 30.3. The lowest BCUT2D eigenvalue weighted by Gasteiger charge is -2.04. The number of hydrogen-bond donors (Lipinski definition) is 2. The first kappa shape index (κ1) is 21.7. The standard InChI is InChI=1S/C23H19N3O4S2/c24-13-15-10-14(11-18-17(15)7-8-25-18)19-6-5-16(30-19)12-20-22(29)26(23(31)32-20)9-3-1-2-4-21(27)28/h5-8,10-12,29H,1-4,9H2,(H,27,28)/b16-12+,19-14+. The minimum absolute atomic E-state index is 0.0744. The molecule has 3 heterocycles. The Morgan fingerprint density at radius 2 is 2.16 bits per heavy atom. The molecule has 0 fully saturated rings. The number of unbranched alkanes of at least 4 members (excludes halogenated alkanes) is 2. The van der Waals surface area contributed by atoms with Crippen LogP contribution in [0.25, 0.3) is 12.2 Å². The number of carboxylic acids is 1. The van der Waals surface area contributed by atoms with Crippen molar-refractivity contribution in [3.05, 3.63) is 59.9 Å². The summed E-state index contributed by atoms with van der Waals surface area (Å²) in [4.78, 5) is 15.5. The molecule has 0 radical (unpaired) electrons. The Morgan fingerprint density at radius 3 is 2.94 bits per heavy atom. The van der Waals surface area contributed by atoms with Crippen molar-refractivity contribution in [1.82, 2.24) is 4.57 Å². The molecule has 7 nitrogen and oxygen atoms in total. The van der Waals surface area contributed by atoms with E-state index in [0.29, 0.717) is 38.2 Å². The molecule has 0 spiro atoms. The van der Waals surface area contributed by atoms with Gasteiger partial charge in [-0.3, -0.25) is 14.4 Å². The third-order valence-corrected chi connectivity index (χ3v) is 6.47. The summed E-state index contributed by atoms with van der Waals surface area (Å²) in [5.74, 6) is -0.727. The number of aromatic nitrogens is 1. The second-order valence-corrected chi connectivity index (χ2v) is 8.95. The molecule has 4 rings (SSSR count). The van der Waals surface area contributed by atoms with E-state index < -0.39 is 5.97 Å². The predicted octanol–water partition coefficient (Wildman–Crippen LogP) is 3.71. The van der Waals surface area contributed by atoms with Gasteiger partial charge in [0.1, 0.15) is 10.8 Å². The van der Waals surface area contributed by atoms with Crippen LogP contribution in [0.3, 0.4) is 0 Å². The minimum Gasteiger partial charge on any atom is -0.493 e. The van der Waals surface area contributed by atoms with Crippen LogP contribution in [-0.2, 0) is 11.3 Å². The summed E-state index contributed by atoms with van der Waals surface area (Å²) in [7, 11) is 0. The Kier molecular flexibility index (Phi) is 6.35. The summed E-state index contributed by atoms with van der Waals surface area (Å²) >= 11 is 6.66. The van der Waals surface area contributed by atoms with Crippen LogP contribution in [0.1, 0.15) is 36.1 Å². The molecule has 0 aliphatic carbocycles. The average molecular weight is 466 g/mol. The Hall–Kier alpha value is -3.48. The molecule has 0 atom stereocenters. The van der Waals surface area contributed by atoms with Crippen LogP contribution in [0.2, 0.25) is 0 Å². The highest BCUT2D eigenvalue weighted by atomic mass is 32.1. The van der Waals surface area contributed by atoms with Gasteiger partial charge in [-0.1, -0.05) is 6.42 Å². The van der Waals surface area contributed by atoms with Crippen molar-refractivity contribution in [1.29, 1.82) is 5.26 Å². The Balaban J connectivity index is 1.63. The highest BCUT2D eigenvalue weighted by Gasteiger charge is 2.10. The summed E-state index contributed by atoms with van der Waals surface area (Å²) in [6.45, 7) is 0.529. The van der Waals surface area contributed by atoms with Crippen LogP contribution < -0.4 is 10.6 Å². The first-order chi connectivity index (χ1) is 15.5. The van der Waals surface area contributed by atoms with E-state index in [4.69, 9.17) is 21.7 Å².